The quantitative estimate of drug-likeness (QED) is 0.378. The highest BCUT2D eigenvalue weighted by Crippen LogP contribution is 2.41. The summed E-state index contributed by atoms with van der Waals surface area (Å²) in [6, 6.07) is 5.91. The number of thioether (sulfide) groups is 1. The molecule has 33 heavy (non-hydrogen) atoms. The van der Waals surface area contributed by atoms with E-state index in [1.807, 2.05) is 25.1 Å². The first kappa shape index (κ1) is 23.9. The van der Waals surface area contributed by atoms with Crippen molar-refractivity contribution in [2.24, 2.45) is 21.1 Å². The zero-order chi connectivity index (χ0) is 23.4. The Morgan fingerprint density at radius 3 is 2.79 bits per heavy atom. The summed E-state index contributed by atoms with van der Waals surface area (Å²) >= 11 is 8.09. The molecule has 1 spiro atoms. The van der Waals surface area contributed by atoms with Crippen LogP contribution in [0.4, 0.5) is 0 Å². The van der Waals surface area contributed by atoms with E-state index in [2.05, 4.69) is 38.5 Å². The fraction of sp³-hybridized carbons (Fsp3) is 0.417. The Kier molecular flexibility index (Phi) is 7.48. The van der Waals surface area contributed by atoms with Gasteiger partial charge in [-0.05, 0) is 39.5 Å². The van der Waals surface area contributed by atoms with E-state index in [9.17, 15) is 0 Å². The van der Waals surface area contributed by atoms with Crippen LogP contribution in [0.3, 0.4) is 0 Å². The molecule has 2 fully saturated rings. The second kappa shape index (κ2) is 10.3. The molecule has 0 unspecified atom stereocenters. The second-order valence-electron chi connectivity index (χ2n) is 8.50. The Hall–Kier alpha value is -2.26. The number of nitrogens with two attached hydrogens (primary N) is 1. The average Bonchev–Trinajstić information content (AvgIpc) is 3.12. The maximum atomic E-state index is 6.67. The summed E-state index contributed by atoms with van der Waals surface area (Å²) in [6.45, 7) is 10.4. The molecule has 174 valence electrons. The number of halogens is 1. The van der Waals surface area contributed by atoms with Crippen molar-refractivity contribution in [3.8, 4) is 11.3 Å². The van der Waals surface area contributed by atoms with Crippen LogP contribution >= 0.6 is 23.4 Å². The third-order valence-electron chi connectivity index (χ3n) is 6.60. The van der Waals surface area contributed by atoms with E-state index in [-0.39, 0.29) is 17.6 Å². The molecule has 2 aromatic rings. The number of benzene rings is 1. The van der Waals surface area contributed by atoms with Gasteiger partial charge in [-0.25, -0.2) is 4.99 Å². The molecule has 2 aliphatic rings. The van der Waals surface area contributed by atoms with Gasteiger partial charge in [0.05, 0.1) is 35.8 Å². The minimum absolute atomic E-state index is 0.0978. The predicted octanol–water partition coefficient (Wildman–Crippen LogP) is 4.64. The fourth-order valence-corrected chi connectivity index (χ4v) is 5.50. The van der Waals surface area contributed by atoms with Crippen molar-refractivity contribution in [1.29, 1.82) is 0 Å². The van der Waals surface area contributed by atoms with E-state index in [1.54, 1.807) is 24.8 Å². The highest BCUT2D eigenvalue weighted by Gasteiger charge is 2.47. The number of amidine groups is 1. The van der Waals surface area contributed by atoms with Gasteiger partial charge in [-0.1, -0.05) is 35.5 Å². The van der Waals surface area contributed by atoms with E-state index in [1.165, 1.54) is 11.8 Å². The number of aliphatic imine (C=N–C) groups is 2. The van der Waals surface area contributed by atoms with Gasteiger partial charge >= 0.3 is 0 Å². The molecular formula is C24H29ClN6OS. The number of rotatable bonds is 5. The van der Waals surface area contributed by atoms with Crippen molar-refractivity contribution < 1.29 is 4.74 Å². The molecule has 0 aliphatic carbocycles. The first-order valence-corrected chi connectivity index (χ1v) is 12.2. The van der Waals surface area contributed by atoms with Crippen molar-refractivity contribution in [2.75, 3.05) is 19.7 Å². The highest BCUT2D eigenvalue weighted by molar-refractivity contribution is 8.03. The summed E-state index contributed by atoms with van der Waals surface area (Å²) in [5.74, 6) is 0.951. The van der Waals surface area contributed by atoms with Gasteiger partial charge in [-0.3, -0.25) is 15.0 Å². The Labute approximate surface area is 204 Å². The zero-order valence-corrected chi connectivity index (χ0v) is 20.5. The predicted molar refractivity (Wildman–Crippen MR) is 136 cm³/mol. The van der Waals surface area contributed by atoms with Crippen LogP contribution in [0, 0.1) is 5.41 Å². The number of nitrogens with zero attached hydrogens (tertiary/aromatic N) is 5. The van der Waals surface area contributed by atoms with Gasteiger partial charge in [0.15, 0.2) is 0 Å². The molecule has 0 saturated carbocycles. The van der Waals surface area contributed by atoms with Crippen LogP contribution in [-0.4, -0.2) is 59.3 Å². The SMILES string of the molecule is C=N/C(=C\N=C(/C)N1CCC2(CC1)CO[C@@H](C)[C@H]2N)Sc1cccc(-c2cnccn2)c1Cl. The van der Waals surface area contributed by atoms with Crippen LogP contribution in [0.15, 0.2) is 62.9 Å². The summed E-state index contributed by atoms with van der Waals surface area (Å²) in [5.41, 5.74) is 8.08. The molecule has 1 aromatic carbocycles. The molecule has 7 nitrogen and oxygen atoms in total. The highest BCUT2D eigenvalue weighted by atomic mass is 35.5. The topological polar surface area (TPSA) is 89.0 Å². The molecular weight excluding hydrogens is 456 g/mol. The molecule has 2 aliphatic heterocycles. The smallest absolute Gasteiger partial charge is 0.118 e. The van der Waals surface area contributed by atoms with E-state index in [0.717, 1.165) is 54.5 Å². The summed E-state index contributed by atoms with van der Waals surface area (Å²) in [7, 11) is 0. The molecule has 0 amide bonds. The monoisotopic (exact) mass is 484 g/mol. The molecule has 0 bridgehead atoms. The van der Waals surface area contributed by atoms with E-state index in [4.69, 9.17) is 22.1 Å². The van der Waals surface area contributed by atoms with Crippen LogP contribution < -0.4 is 5.73 Å². The maximum absolute atomic E-state index is 6.67. The number of aromatic nitrogens is 2. The summed E-state index contributed by atoms with van der Waals surface area (Å²) in [4.78, 5) is 20.5. The summed E-state index contributed by atoms with van der Waals surface area (Å²) in [5, 5.41) is 1.27. The number of likely N-dealkylation sites (tertiary alicyclic amines) is 1. The van der Waals surface area contributed by atoms with E-state index in [0.29, 0.717) is 10.1 Å². The van der Waals surface area contributed by atoms with Gasteiger partial charge in [0.2, 0.25) is 0 Å². The Bertz CT molecular complexity index is 1050. The van der Waals surface area contributed by atoms with E-state index >= 15 is 0 Å². The number of hydrogen-bond acceptors (Lipinski definition) is 7. The van der Waals surface area contributed by atoms with E-state index < -0.39 is 0 Å². The van der Waals surface area contributed by atoms with Crippen molar-refractivity contribution in [2.45, 2.75) is 43.7 Å². The van der Waals surface area contributed by atoms with Gasteiger partial charge in [0.25, 0.3) is 0 Å². The lowest BCUT2D eigenvalue weighted by molar-refractivity contribution is 0.0838. The van der Waals surface area contributed by atoms with Gasteiger partial charge < -0.3 is 15.4 Å². The number of hydrogen-bond donors (Lipinski definition) is 1. The fourth-order valence-electron chi connectivity index (χ4n) is 4.42. The zero-order valence-electron chi connectivity index (χ0n) is 18.9. The van der Waals surface area contributed by atoms with Gasteiger partial charge in [-0.2, -0.15) is 0 Å². The Morgan fingerprint density at radius 2 is 2.15 bits per heavy atom. The third-order valence-corrected chi connectivity index (χ3v) is 8.12. The molecule has 1 aromatic heterocycles. The summed E-state index contributed by atoms with van der Waals surface area (Å²) < 4.78 is 5.83. The first-order valence-electron chi connectivity index (χ1n) is 11.0. The average molecular weight is 485 g/mol. The van der Waals surface area contributed by atoms with Gasteiger partial charge in [0.1, 0.15) is 10.9 Å². The Balaban J connectivity index is 1.44. The van der Waals surface area contributed by atoms with Gasteiger partial charge in [-0.15, -0.1) is 0 Å². The number of ether oxygens (including phenoxy) is 1. The van der Waals surface area contributed by atoms with Crippen LogP contribution in [0.5, 0.6) is 0 Å². The lowest BCUT2D eigenvalue weighted by atomic mass is 9.73. The summed E-state index contributed by atoms with van der Waals surface area (Å²) in [6.07, 6.45) is 8.89. The first-order chi connectivity index (χ1) is 15.9. The van der Waals surface area contributed by atoms with Gasteiger partial charge in [0, 0.05) is 47.4 Å². The van der Waals surface area contributed by atoms with Crippen LogP contribution in [0.2, 0.25) is 5.02 Å². The molecule has 2 atom stereocenters. The Morgan fingerprint density at radius 1 is 1.36 bits per heavy atom. The molecule has 2 saturated heterocycles. The minimum atomic E-state index is 0.0978. The molecule has 9 heteroatoms. The molecule has 2 N–H and O–H groups in total. The molecule has 3 heterocycles. The molecule has 0 radical (unpaired) electrons. The third kappa shape index (κ3) is 5.14. The lowest BCUT2D eigenvalue weighted by Crippen LogP contribution is -2.51. The maximum Gasteiger partial charge on any atom is 0.118 e. The second-order valence-corrected chi connectivity index (χ2v) is 9.94. The van der Waals surface area contributed by atoms with Crippen LogP contribution in [-0.2, 0) is 4.74 Å². The van der Waals surface area contributed by atoms with Crippen molar-refractivity contribution in [1.82, 2.24) is 14.9 Å². The lowest BCUT2D eigenvalue weighted by Gasteiger charge is -2.41. The van der Waals surface area contributed by atoms with Crippen LogP contribution in [0.1, 0.15) is 26.7 Å². The normalized spacial score (nSPS) is 23.2. The van der Waals surface area contributed by atoms with Crippen molar-refractivity contribution >= 4 is 35.9 Å². The largest absolute Gasteiger partial charge is 0.376 e. The molecule has 4 rings (SSSR count). The van der Waals surface area contributed by atoms with Crippen molar-refractivity contribution in [3.05, 3.63) is 53.0 Å². The number of piperidine rings is 1. The van der Waals surface area contributed by atoms with Crippen molar-refractivity contribution in [3.63, 3.8) is 0 Å². The van der Waals surface area contributed by atoms with Crippen LogP contribution in [0.25, 0.3) is 11.3 Å². The minimum Gasteiger partial charge on any atom is -0.376 e. The standard InChI is InChI=1S/C24H29ClN6OS/c1-16-23(26)24(15-32-16)7-11-31(12-8-24)17(2)30-14-21(27-3)33-20-6-4-5-18(22(20)25)19-13-28-9-10-29-19/h4-6,9-10,13-14,16,23H,3,7-8,11-12,15,26H2,1-2H3/b21-14+,30-17+/t16-,23+/m0/s1.